The number of aryl methyl sites for hydroxylation is 1. The summed E-state index contributed by atoms with van der Waals surface area (Å²) < 4.78 is 54.9. The molecular formula is C33H39F4N5O2. The molecule has 1 aromatic carbocycles. The van der Waals surface area contributed by atoms with E-state index in [1.165, 1.54) is 0 Å². The van der Waals surface area contributed by atoms with Crippen LogP contribution in [0.4, 0.5) is 23.2 Å². The summed E-state index contributed by atoms with van der Waals surface area (Å²) in [6.07, 6.45) is -0.822. The molecule has 0 radical (unpaired) electrons. The first-order valence-electron chi connectivity index (χ1n) is 15.2. The van der Waals surface area contributed by atoms with Crippen molar-refractivity contribution in [3.63, 3.8) is 0 Å². The molecular weight excluding hydrogens is 574 g/mol. The van der Waals surface area contributed by atoms with Crippen molar-refractivity contribution in [2.45, 2.75) is 76.2 Å². The molecule has 7 nitrogen and oxygen atoms in total. The Morgan fingerprint density at radius 3 is 2.64 bits per heavy atom. The second kappa shape index (κ2) is 12.8. The van der Waals surface area contributed by atoms with Crippen molar-refractivity contribution in [1.82, 2.24) is 20.2 Å². The summed E-state index contributed by atoms with van der Waals surface area (Å²) in [7, 11) is 2.01. The van der Waals surface area contributed by atoms with E-state index in [9.17, 15) is 27.5 Å². The molecule has 2 N–H and O–H groups in total. The fourth-order valence-electron chi connectivity index (χ4n) is 6.59. The maximum absolute atomic E-state index is 13.8. The number of hydrogen-bond donors (Lipinski definition) is 2. The average molecular weight is 614 g/mol. The van der Waals surface area contributed by atoms with Gasteiger partial charge in [-0.05, 0) is 87.7 Å². The van der Waals surface area contributed by atoms with Crippen molar-refractivity contribution in [3.8, 4) is 11.3 Å². The zero-order valence-electron chi connectivity index (χ0n) is 25.3. The van der Waals surface area contributed by atoms with Crippen LogP contribution in [0.1, 0.15) is 66.8 Å². The lowest BCUT2D eigenvalue weighted by Crippen LogP contribution is -2.52. The van der Waals surface area contributed by atoms with E-state index in [4.69, 9.17) is 4.98 Å². The van der Waals surface area contributed by atoms with Crippen LogP contribution in [0, 0.1) is 5.82 Å². The Morgan fingerprint density at radius 2 is 1.95 bits per heavy atom. The topological polar surface area (TPSA) is 81.6 Å². The number of carbonyl (C=O) groups excluding carboxylic acids is 1. The SMILES string of the molecule is CCc1ncccc1-c1ccc(N2CCC(O)(Cc3ccc(F)cc3C(F)(F)F)CC2CC)c(C(=O)NC2CCN(C)C2)n1. The monoisotopic (exact) mass is 613 g/mol. The Morgan fingerprint density at radius 1 is 1.16 bits per heavy atom. The van der Waals surface area contributed by atoms with Gasteiger partial charge in [-0.25, -0.2) is 9.37 Å². The summed E-state index contributed by atoms with van der Waals surface area (Å²) in [5.41, 5.74) is 0.576. The number of rotatable bonds is 8. The van der Waals surface area contributed by atoms with Crippen LogP contribution in [-0.4, -0.2) is 70.2 Å². The minimum atomic E-state index is -4.74. The summed E-state index contributed by atoms with van der Waals surface area (Å²) in [5, 5.41) is 14.7. The molecule has 236 valence electrons. The largest absolute Gasteiger partial charge is 0.416 e. The number of nitrogens with one attached hydrogen (secondary N) is 1. The smallest absolute Gasteiger partial charge is 0.389 e. The minimum Gasteiger partial charge on any atom is -0.389 e. The van der Waals surface area contributed by atoms with Crippen LogP contribution in [-0.2, 0) is 19.0 Å². The third-order valence-electron chi connectivity index (χ3n) is 8.87. The maximum atomic E-state index is 13.8. The Labute approximate surface area is 255 Å². The summed E-state index contributed by atoms with van der Waals surface area (Å²) in [6.45, 7) is 5.88. The molecule has 2 saturated heterocycles. The highest BCUT2D eigenvalue weighted by molar-refractivity contribution is 5.99. The van der Waals surface area contributed by atoms with Crippen molar-refractivity contribution >= 4 is 11.6 Å². The summed E-state index contributed by atoms with van der Waals surface area (Å²) in [6, 6.07) is 9.81. The van der Waals surface area contributed by atoms with Crippen LogP contribution in [0.15, 0.2) is 48.7 Å². The van der Waals surface area contributed by atoms with Gasteiger partial charge in [-0.3, -0.25) is 9.78 Å². The van der Waals surface area contributed by atoms with Gasteiger partial charge < -0.3 is 20.2 Å². The molecule has 0 spiro atoms. The number of carbonyl (C=O) groups is 1. The molecule has 2 aliphatic rings. The van der Waals surface area contributed by atoms with Gasteiger partial charge >= 0.3 is 6.18 Å². The van der Waals surface area contributed by atoms with Gasteiger partial charge in [-0.15, -0.1) is 0 Å². The molecule has 2 aliphatic heterocycles. The van der Waals surface area contributed by atoms with Gasteiger partial charge in [-0.1, -0.05) is 19.9 Å². The highest BCUT2D eigenvalue weighted by Crippen LogP contribution is 2.39. The zero-order chi connectivity index (χ0) is 31.6. The quantitative estimate of drug-likeness (QED) is 0.320. The number of alkyl halides is 3. The predicted molar refractivity (Wildman–Crippen MR) is 161 cm³/mol. The van der Waals surface area contributed by atoms with Gasteiger partial charge in [0.15, 0.2) is 5.69 Å². The van der Waals surface area contributed by atoms with Crippen LogP contribution < -0.4 is 10.2 Å². The number of nitrogens with zero attached hydrogens (tertiary/aromatic N) is 4. The van der Waals surface area contributed by atoms with E-state index < -0.39 is 23.2 Å². The van der Waals surface area contributed by atoms with Crippen LogP contribution >= 0.6 is 0 Å². The van der Waals surface area contributed by atoms with E-state index in [1.807, 2.05) is 50.1 Å². The van der Waals surface area contributed by atoms with Crippen molar-refractivity contribution in [2.24, 2.45) is 0 Å². The lowest BCUT2D eigenvalue weighted by atomic mass is 9.79. The number of aromatic nitrogens is 2. The van der Waals surface area contributed by atoms with E-state index >= 15 is 0 Å². The fourth-order valence-corrected chi connectivity index (χ4v) is 6.59. The number of piperidine rings is 1. The van der Waals surface area contributed by atoms with Crippen LogP contribution in [0.2, 0.25) is 0 Å². The van der Waals surface area contributed by atoms with Crippen LogP contribution in [0.25, 0.3) is 11.3 Å². The standard InChI is InChI=1S/C33H39F4N5O2/c1-4-24-19-32(44,18-21-8-9-22(34)17-26(21)33(35,36)37)13-16-42(24)29-11-10-28(25-7-6-14-38-27(25)5-2)40-30(29)31(43)39-23-12-15-41(3)20-23/h6-11,14,17,23-24,44H,4-5,12-13,15-16,18-20H2,1-3H3,(H,39,43). The number of aliphatic hydroxyl groups is 1. The van der Waals surface area contributed by atoms with Crippen molar-refractivity contribution < 1.29 is 27.5 Å². The van der Waals surface area contributed by atoms with Gasteiger partial charge in [0.05, 0.1) is 22.5 Å². The van der Waals surface area contributed by atoms with Crippen molar-refractivity contribution in [1.29, 1.82) is 0 Å². The highest BCUT2D eigenvalue weighted by Gasteiger charge is 2.42. The Hall–Kier alpha value is -3.57. The molecule has 4 heterocycles. The molecule has 0 bridgehead atoms. The molecule has 1 amide bonds. The Balaban J connectivity index is 1.46. The van der Waals surface area contributed by atoms with Gasteiger partial charge in [0.1, 0.15) is 5.82 Å². The van der Waals surface area contributed by atoms with Gasteiger partial charge in [-0.2, -0.15) is 13.2 Å². The third-order valence-corrected chi connectivity index (χ3v) is 8.87. The second-order valence-electron chi connectivity index (χ2n) is 12.0. The predicted octanol–water partition coefficient (Wildman–Crippen LogP) is 5.65. The van der Waals surface area contributed by atoms with E-state index in [0.29, 0.717) is 36.8 Å². The highest BCUT2D eigenvalue weighted by atomic mass is 19.4. The van der Waals surface area contributed by atoms with Gasteiger partial charge in [0, 0.05) is 49.0 Å². The average Bonchev–Trinajstić information content (AvgIpc) is 3.41. The number of hydrogen-bond acceptors (Lipinski definition) is 6. The van der Waals surface area contributed by atoms with Crippen molar-refractivity contribution in [3.05, 3.63) is 77.0 Å². The number of halogens is 4. The van der Waals surface area contributed by atoms with E-state index in [0.717, 1.165) is 42.9 Å². The molecule has 2 fully saturated rings. The number of benzene rings is 1. The van der Waals surface area contributed by atoms with Crippen LogP contribution in [0.3, 0.4) is 0 Å². The molecule has 3 aromatic rings. The zero-order valence-corrected chi connectivity index (χ0v) is 25.3. The van der Waals surface area contributed by atoms with Crippen molar-refractivity contribution in [2.75, 3.05) is 31.6 Å². The molecule has 44 heavy (non-hydrogen) atoms. The van der Waals surface area contributed by atoms with Crippen LogP contribution in [0.5, 0.6) is 0 Å². The van der Waals surface area contributed by atoms with E-state index in [-0.39, 0.29) is 48.5 Å². The van der Waals surface area contributed by atoms with E-state index in [2.05, 4.69) is 15.2 Å². The number of amides is 1. The first kappa shape index (κ1) is 31.8. The number of anilines is 1. The molecule has 0 aliphatic carbocycles. The van der Waals surface area contributed by atoms with Gasteiger partial charge in [0.2, 0.25) is 0 Å². The molecule has 3 atom stereocenters. The second-order valence-corrected chi connectivity index (χ2v) is 12.0. The lowest BCUT2D eigenvalue weighted by molar-refractivity contribution is -0.138. The van der Waals surface area contributed by atoms with E-state index in [1.54, 1.807) is 6.20 Å². The number of likely N-dealkylation sites (N-methyl/N-ethyl adjacent to an activating group) is 1. The molecule has 0 saturated carbocycles. The normalized spacial score (nSPS) is 22.8. The first-order valence-corrected chi connectivity index (χ1v) is 15.2. The maximum Gasteiger partial charge on any atom is 0.416 e. The minimum absolute atomic E-state index is 0.0117. The summed E-state index contributed by atoms with van der Waals surface area (Å²) in [4.78, 5) is 27.4. The molecule has 11 heteroatoms. The molecule has 3 unspecified atom stereocenters. The summed E-state index contributed by atoms with van der Waals surface area (Å²) in [5.74, 6) is -1.27. The van der Waals surface area contributed by atoms with Gasteiger partial charge in [0.25, 0.3) is 5.91 Å². The fraction of sp³-hybridized carbons (Fsp3) is 0.485. The number of pyridine rings is 2. The lowest BCUT2D eigenvalue weighted by Gasteiger charge is -2.45. The Kier molecular flexibility index (Phi) is 9.27. The summed E-state index contributed by atoms with van der Waals surface area (Å²) >= 11 is 0. The Bertz CT molecular complexity index is 1500. The molecule has 2 aromatic heterocycles. The third kappa shape index (κ3) is 6.89. The first-order chi connectivity index (χ1) is 20.9. The number of likely N-dealkylation sites (tertiary alicyclic amines) is 1. The molecule has 5 rings (SSSR count).